The predicted molar refractivity (Wildman–Crippen MR) is 81.8 cm³/mol. The van der Waals surface area contributed by atoms with Gasteiger partial charge in [0.25, 0.3) is 0 Å². The zero-order valence-corrected chi connectivity index (χ0v) is 13.5. The Bertz CT molecular complexity index is 671. The highest BCUT2D eigenvalue weighted by Gasteiger charge is 2.35. The van der Waals surface area contributed by atoms with Crippen LogP contribution < -0.4 is 4.74 Å². The molecule has 0 bridgehead atoms. The first-order valence-corrected chi connectivity index (χ1v) is 7.51. The maximum Gasteiger partial charge on any atom is 0.163 e. The summed E-state index contributed by atoms with van der Waals surface area (Å²) in [5.41, 5.74) is 1.41. The average Bonchev–Trinajstić information content (AvgIpc) is 3.13. The number of aromatic nitrogens is 3. The highest BCUT2D eigenvalue weighted by atomic mass is 16.7. The van der Waals surface area contributed by atoms with E-state index in [-0.39, 0.29) is 12.6 Å². The molecule has 0 amide bonds. The summed E-state index contributed by atoms with van der Waals surface area (Å²) in [4.78, 5) is 0. The van der Waals surface area contributed by atoms with E-state index in [1.165, 1.54) is 0 Å². The van der Waals surface area contributed by atoms with E-state index in [2.05, 4.69) is 10.3 Å². The van der Waals surface area contributed by atoms with Crippen LogP contribution in [0, 0.1) is 0 Å². The number of benzene rings is 1. The van der Waals surface area contributed by atoms with Crippen molar-refractivity contribution in [2.75, 3.05) is 13.7 Å². The molecule has 1 saturated heterocycles. The second-order valence-corrected chi connectivity index (χ2v) is 5.94. The summed E-state index contributed by atoms with van der Waals surface area (Å²) < 4.78 is 18.2. The summed E-state index contributed by atoms with van der Waals surface area (Å²) in [5, 5.41) is 18.6. The van der Waals surface area contributed by atoms with Crippen LogP contribution >= 0.6 is 0 Å². The maximum absolute atomic E-state index is 10.4. The molecule has 1 aliphatic heterocycles. The molecule has 7 heteroatoms. The molecule has 2 heterocycles. The number of rotatable bonds is 5. The SMILES string of the molecule is COc1ccccc1[C@@H](O)Cn1cc([C@H]2COC(C)(C)O2)nn1. The summed E-state index contributed by atoms with van der Waals surface area (Å²) in [7, 11) is 1.58. The second kappa shape index (κ2) is 6.27. The minimum atomic E-state index is -0.738. The molecule has 2 aromatic rings. The molecule has 0 unspecified atom stereocenters. The fraction of sp³-hybridized carbons (Fsp3) is 0.500. The Balaban J connectivity index is 1.69. The molecule has 23 heavy (non-hydrogen) atoms. The Morgan fingerprint density at radius 1 is 1.43 bits per heavy atom. The van der Waals surface area contributed by atoms with E-state index in [0.29, 0.717) is 23.6 Å². The minimum Gasteiger partial charge on any atom is -0.496 e. The lowest BCUT2D eigenvalue weighted by atomic mass is 10.1. The van der Waals surface area contributed by atoms with E-state index in [9.17, 15) is 5.11 Å². The van der Waals surface area contributed by atoms with Crippen molar-refractivity contribution < 1.29 is 19.3 Å². The minimum absolute atomic E-state index is 0.234. The molecule has 1 aliphatic rings. The van der Waals surface area contributed by atoms with Gasteiger partial charge < -0.3 is 19.3 Å². The molecule has 0 aliphatic carbocycles. The van der Waals surface area contributed by atoms with Crippen molar-refractivity contribution in [3.63, 3.8) is 0 Å². The van der Waals surface area contributed by atoms with Gasteiger partial charge >= 0.3 is 0 Å². The number of hydrogen-bond donors (Lipinski definition) is 1. The third kappa shape index (κ3) is 3.52. The van der Waals surface area contributed by atoms with Gasteiger partial charge in [0.1, 0.15) is 23.7 Å². The Hall–Kier alpha value is -1.96. The van der Waals surface area contributed by atoms with Gasteiger partial charge in [0.2, 0.25) is 0 Å². The van der Waals surface area contributed by atoms with E-state index in [0.717, 1.165) is 0 Å². The zero-order valence-electron chi connectivity index (χ0n) is 13.5. The third-order valence-corrected chi connectivity index (χ3v) is 3.75. The van der Waals surface area contributed by atoms with Crippen LogP contribution in [0.4, 0.5) is 0 Å². The first-order valence-electron chi connectivity index (χ1n) is 7.51. The van der Waals surface area contributed by atoms with E-state index in [1.54, 1.807) is 18.0 Å². The first kappa shape index (κ1) is 15.9. The van der Waals surface area contributed by atoms with Crippen molar-refractivity contribution in [2.45, 2.75) is 38.4 Å². The van der Waals surface area contributed by atoms with E-state index < -0.39 is 11.9 Å². The second-order valence-electron chi connectivity index (χ2n) is 5.94. The van der Waals surface area contributed by atoms with Crippen LogP contribution in [0.1, 0.15) is 37.3 Å². The van der Waals surface area contributed by atoms with Crippen LogP contribution in [0.2, 0.25) is 0 Å². The molecule has 0 saturated carbocycles. The van der Waals surface area contributed by atoms with Crippen molar-refractivity contribution >= 4 is 0 Å². The first-order chi connectivity index (χ1) is 11.0. The Labute approximate surface area is 134 Å². The molecule has 7 nitrogen and oxygen atoms in total. The Kier molecular flexibility index (Phi) is 4.34. The number of aliphatic hydroxyl groups excluding tert-OH is 1. The van der Waals surface area contributed by atoms with Gasteiger partial charge in [0.15, 0.2) is 5.79 Å². The largest absolute Gasteiger partial charge is 0.496 e. The third-order valence-electron chi connectivity index (χ3n) is 3.75. The van der Waals surface area contributed by atoms with E-state index in [4.69, 9.17) is 14.2 Å². The van der Waals surface area contributed by atoms with Gasteiger partial charge in [-0.15, -0.1) is 5.10 Å². The Morgan fingerprint density at radius 3 is 2.91 bits per heavy atom. The van der Waals surface area contributed by atoms with E-state index >= 15 is 0 Å². The maximum atomic E-state index is 10.4. The quantitative estimate of drug-likeness (QED) is 0.906. The van der Waals surface area contributed by atoms with Crippen LogP contribution in [0.5, 0.6) is 5.75 Å². The summed E-state index contributed by atoms with van der Waals surface area (Å²) in [6.45, 7) is 4.46. The van der Waals surface area contributed by atoms with Gasteiger partial charge in [-0.2, -0.15) is 0 Å². The van der Waals surface area contributed by atoms with Crippen LogP contribution in [-0.4, -0.2) is 39.6 Å². The fourth-order valence-electron chi connectivity index (χ4n) is 2.60. The van der Waals surface area contributed by atoms with Gasteiger partial charge in [-0.3, -0.25) is 0 Å². The number of ether oxygens (including phenoxy) is 3. The Morgan fingerprint density at radius 2 is 2.22 bits per heavy atom. The highest BCUT2D eigenvalue weighted by Crippen LogP contribution is 2.32. The normalized spacial score (nSPS) is 21.3. The molecule has 1 aromatic carbocycles. The molecule has 1 fully saturated rings. The summed E-state index contributed by atoms with van der Waals surface area (Å²) >= 11 is 0. The predicted octanol–water partition coefficient (Wildman–Crippen LogP) is 1.84. The van der Waals surface area contributed by atoms with Crippen molar-refractivity contribution in [1.82, 2.24) is 15.0 Å². The zero-order chi connectivity index (χ0) is 16.4. The van der Waals surface area contributed by atoms with Gasteiger partial charge in [0.05, 0.1) is 26.5 Å². The van der Waals surface area contributed by atoms with Crippen molar-refractivity contribution in [3.8, 4) is 5.75 Å². The highest BCUT2D eigenvalue weighted by molar-refractivity contribution is 5.34. The number of para-hydroxylation sites is 1. The molecule has 3 rings (SSSR count). The lowest BCUT2D eigenvalue weighted by molar-refractivity contribution is -0.139. The van der Waals surface area contributed by atoms with Crippen molar-refractivity contribution in [2.24, 2.45) is 0 Å². The molecular formula is C16H21N3O4. The topological polar surface area (TPSA) is 78.6 Å². The number of methoxy groups -OCH3 is 1. The molecule has 0 radical (unpaired) electrons. The standard InChI is InChI=1S/C16H21N3O4/c1-16(2)22-10-15(23-16)12-8-19(18-17-12)9-13(20)11-6-4-5-7-14(11)21-3/h4-8,13,15,20H,9-10H2,1-3H3/t13-,15+/m0/s1. The molecule has 124 valence electrons. The molecule has 1 aromatic heterocycles. The smallest absolute Gasteiger partial charge is 0.163 e. The molecule has 0 spiro atoms. The number of hydrogen-bond acceptors (Lipinski definition) is 6. The number of nitrogens with zero attached hydrogens (tertiary/aromatic N) is 3. The fourth-order valence-corrected chi connectivity index (χ4v) is 2.60. The van der Waals surface area contributed by atoms with Crippen LogP contribution in [0.15, 0.2) is 30.5 Å². The van der Waals surface area contributed by atoms with Crippen LogP contribution in [-0.2, 0) is 16.0 Å². The lowest BCUT2D eigenvalue weighted by Crippen LogP contribution is -2.19. The summed E-state index contributed by atoms with van der Waals surface area (Å²) in [6, 6.07) is 7.37. The summed E-state index contributed by atoms with van der Waals surface area (Å²) in [6.07, 6.45) is 0.800. The molecular weight excluding hydrogens is 298 g/mol. The molecule has 2 atom stereocenters. The van der Waals surface area contributed by atoms with Gasteiger partial charge in [-0.25, -0.2) is 4.68 Å². The monoisotopic (exact) mass is 319 g/mol. The van der Waals surface area contributed by atoms with Gasteiger partial charge in [-0.05, 0) is 19.9 Å². The number of aliphatic hydroxyl groups is 1. The van der Waals surface area contributed by atoms with Gasteiger partial charge in [0, 0.05) is 5.56 Å². The van der Waals surface area contributed by atoms with E-state index in [1.807, 2.05) is 38.1 Å². The average molecular weight is 319 g/mol. The molecule has 1 N–H and O–H groups in total. The summed E-state index contributed by atoms with van der Waals surface area (Å²) in [5.74, 6) is 0.0420. The van der Waals surface area contributed by atoms with Crippen LogP contribution in [0.3, 0.4) is 0 Å². The van der Waals surface area contributed by atoms with Crippen molar-refractivity contribution in [1.29, 1.82) is 0 Å². The van der Waals surface area contributed by atoms with Crippen molar-refractivity contribution in [3.05, 3.63) is 41.7 Å². The van der Waals surface area contributed by atoms with Gasteiger partial charge in [-0.1, -0.05) is 23.4 Å². The lowest BCUT2D eigenvalue weighted by Gasteiger charge is -2.16. The van der Waals surface area contributed by atoms with Crippen LogP contribution in [0.25, 0.3) is 0 Å².